The highest BCUT2D eigenvalue weighted by Crippen LogP contribution is 2.22. The maximum absolute atomic E-state index is 11.8. The fraction of sp³-hybridized carbons (Fsp3) is 0.385. The van der Waals surface area contributed by atoms with Crippen molar-refractivity contribution in [2.75, 3.05) is 5.32 Å². The molecule has 0 aliphatic carbocycles. The molecule has 2 aromatic rings. The van der Waals surface area contributed by atoms with Gasteiger partial charge in [0.2, 0.25) is 0 Å². The van der Waals surface area contributed by atoms with Gasteiger partial charge in [-0.1, -0.05) is 20.8 Å². The van der Waals surface area contributed by atoms with E-state index in [0.717, 1.165) is 5.69 Å². The predicted octanol–water partition coefficient (Wildman–Crippen LogP) is 2.15. The molecule has 0 saturated carbocycles. The van der Waals surface area contributed by atoms with E-state index >= 15 is 0 Å². The van der Waals surface area contributed by atoms with Crippen molar-refractivity contribution in [2.24, 2.45) is 7.05 Å². The average Bonchev–Trinajstić information content (AvgIpc) is 2.73. The second kappa shape index (κ2) is 4.33. The number of hydrogen-bond acceptors (Lipinski definition) is 3. The van der Waals surface area contributed by atoms with Crippen molar-refractivity contribution >= 4 is 11.5 Å². The fourth-order valence-corrected chi connectivity index (χ4v) is 1.60. The number of pyridine rings is 1. The van der Waals surface area contributed by atoms with Crippen molar-refractivity contribution in [1.29, 1.82) is 0 Å². The first-order valence-electron chi connectivity index (χ1n) is 5.86. The molecule has 5 heteroatoms. The Morgan fingerprint density at radius 2 is 2.11 bits per heavy atom. The zero-order chi connectivity index (χ0) is 13.3. The van der Waals surface area contributed by atoms with Crippen LogP contribution in [0.4, 0.5) is 11.5 Å². The summed E-state index contributed by atoms with van der Waals surface area (Å²) in [4.78, 5) is 11.8. The smallest absolute Gasteiger partial charge is 0.274 e. The van der Waals surface area contributed by atoms with Crippen LogP contribution in [0.15, 0.2) is 29.2 Å². The normalized spacial score (nSPS) is 11.6. The summed E-state index contributed by atoms with van der Waals surface area (Å²) in [6, 6.07) is 5.49. The highest BCUT2D eigenvalue weighted by Gasteiger charge is 2.16. The highest BCUT2D eigenvalue weighted by molar-refractivity contribution is 5.55. The Bertz CT molecular complexity index is 604. The van der Waals surface area contributed by atoms with E-state index in [1.165, 1.54) is 4.57 Å². The molecule has 0 atom stereocenters. The zero-order valence-corrected chi connectivity index (χ0v) is 11.1. The number of anilines is 2. The van der Waals surface area contributed by atoms with Gasteiger partial charge in [0.25, 0.3) is 5.56 Å². The maximum atomic E-state index is 11.8. The molecule has 0 radical (unpaired) electrons. The van der Waals surface area contributed by atoms with Crippen molar-refractivity contribution in [3.8, 4) is 0 Å². The number of nitrogens with zero attached hydrogens (tertiary/aromatic N) is 2. The Kier molecular flexibility index (Phi) is 2.98. The Morgan fingerprint density at radius 3 is 2.72 bits per heavy atom. The Hall–Kier alpha value is -2.04. The summed E-state index contributed by atoms with van der Waals surface area (Å²) >= 11 is 0. The Labute approximate surface area is 106 Å². The van der Waals surface area contributed by atoms with Crippen LogP contribution in [0.3, 0.4) is 0 Å². The minimum atomic E-state index is -0.0715. The van der Waals surface area contributed by atoms with Crippen molar-refractivity contribution in [3.05, 3.63) is 40.4 Å². The van der Waals surface area contributed by atoms with Crippen LogP contribution in [0, 0.1) is 0 Å². The lowest BCUT2D eigenvalue weighted by Gasteiger charge is -2.14. The summed E-state index contributed by atoms with van der Waals surface area (Å²) < 4.78 is 1.53. The van der Waals surface area contributed by atoms with Crippen LogP contribution in [-0.4, -0.2) is 14.8 Å². The van der Waals surface area contributed by atoms with E-state index in [9.17, 15) is 4.79 Å². The summed E-state index contributed by atoms with van der Waals surface area (Å²) in [5.41, 5.74) is 1.48. The molecule has 0 amide bonds. The van der Waals surface area contributed by atoms with E-state index in [0.29, 0.717) is 11.5 Å². The number of rotatable bonds is 2. The van der Waals surface area contributed by atoms with E-state index in [1.807, 2.05) is 12.1 Å². The number of aromatic amines is 1. The number of H-pyrrole nitrogens is 1. The van der Waals surface area contributed by atoms with Crippen molar-refractivity contribution in [2.45, 2.75) is 26.2 Å². The van der Waals surface area contributed by atoms with Crippen LogP contribution in [0.2, 0.25) is 0 Å². The first-order chi connectivity index (χ1) is 8.38. The second-order valence-corrected chi connectivity index (χ2v) is 5.38. The third-order valence-electron chi connectivity index (χ3n) is 2.77. The van der Waals surface area contributed by atoms with E-state index < -0.39 is 0 Å². The molecule has 0 saturated heterocycles. The number of aromatic nitrogens is 3. The summed E-state index contributed by atoms with van der Waals surface area (Å²) in [7, 11) is 1.72. The topological polar surface area (TPSA) is 62.7 Å². The monoisotopic (exact) mass is 246 g/mol. The molecular weight excluding hydrogens is 228 g/mol. The summed E-state index contributed by atoms with van der Waals surface area (Å²) in [6.07, 6.45) is 1.72. The van der Waals surface area contributed by atoms with Gasteiger partial charge in [0.05, 0.1) is 0 Å². The highest BCUT2D eigenvalue weighted by atomic mass is 16.1. The third-order valence-corrected chi connectivity index (χ3v) is 2.77. The van der Waals surface area contributed by atoms with E-state index in [-0.39, 0.29) is 11.0 Å². The van der Waals surface area contributed by atoms with Crippen LogP contribution >= 0.6 is 0 Å². The Morgan fingerprint density at radius 1 is 1.39 bits per heavy atom. The minimum absolute atomic E-state index is 0.00851. The van der Waals surface area contributed by atoms with E-state index in [2.05, 4.69) is 36.3 Å². The lowest BCUT2D eigenvalue weighted by molar-refractivity contribution is 0.567. The molecule has 2 aromatic heterocycles. The SMILES string of the molecule is Cn1cccc(Nc2cc(C(C)(C)C)[nH]n2)c1=O. The number of hydrogen-bond donors (Lipinski definition) is 2. The Balaban J connectivity index is 2.27. The largest absolute Gasteiger partial charge is 0.334 e. The minimum Gasteiger partial charge on any atom is -0.334 e. The van der Waals surface area contributed by atoms with Gasteiger partial charge in [-0.3, -0.25) is 9.89 Å². The molecule has 0 unspecified atom stereocenters. The molecule has 0 fully saturated rings. The average molecular weight is 246 g/mol. The number of nitrogens with one attached hydrogen (secondary N) is 2. The lowest BCUT2D eigenvalue weighted by atomic mass is 9.92. The van der Waals surface area contributed by atoms with Gasteiger partial charge in [-0.2, -0.15) is 5.10 Å². The van der Waals surface area contributed by atoms with Crippen LogP contribution in [0.25, 0.3) is 0 Å². The van der Waals surface area contributed by atoms with Crippen LogP contribution < -0.4 is 10.9 Å². The van der Waals surface area contributed by atoms with Crippen LogP contribution in [0.1, 0.15) is 26.5 Å². The first kappa shape index (κ1) is 12.4. The molecule has 2 rings (SSSR count). The molecule has 0 aromatic carbocycles. The van der Waals surface area contributed by atoms with Crippen molar-refractivity contribution in [1.82, 2.24) is 14.8 Å². The molecule has 0 bridgehead atoms. The van der Waals surface area contributed by atoms with Crippen LogP contribution in [0.5, 0.6) is 0 Å². The molecule has 96 valence electrons. The molecule has 5 nitrogen and oxygen atoms in total. The van der Waals surface area contributed by atoms with Crippen LogP contribution in [-0.2, 0) is 12.5 Å². The van der Waals surface area contributed by atoms with Gasteiger partial charge >= 0.3 is 0 Å². The molecule has 2 N–H and O–H groups in total. The van der Waals surface area contributed by atoms with E-state index in [4.69, 9.17) is 0 Å². The van der Waals surface area contributed by atoms with Gasteiger partial charge < -0.3 is 9.88 Å². The van der Waals surface area contributed by atoms with Gasteiger partial charge in [0.15, 0.2) is 5.82 Å². The molecular formula is C13H18N4O. The van der Waals surface area contributed by atoms with Gasteiger partial charge in [-0.15, -0.1) is 0 Å². The van der Waals surface area contributed by atoms with Crippen molar-refractivity contribution < 1.29 is 0 Å². The maximum Gasteiger partial charge on any atom is 0.274 e. The van der Waals surface area contributed by atoms with Gasteiger partial charge in [-0.25, -0.2) is 0 Å². The van der Waals surface area contributed by atoms with Gasteiger partial charge in [-0.05, 0) is 12.1 Å². The predicted molar refractivity (Wildman–Crippen MR) is 72.3 cm³/mol. The number of aryl methyl sites for hydroxylation is 1. The standard InChI is InChI=1S/C13H18N4O/c1-13(2,3)10-8-11(16-15-10)14-9-6-5-7-17(4)12(9)18/h5-8H,1-4H3,(H2,14,15,16). The molecule has 0 aliphatic heterocycles. The summed E-state index contributed by atoms with van der Waals surface area (Å²) in [6.45, 7) is 6.31. The fourth-order valence-electron chi connectivity index (χ4n) is 1.60. The summed E-state index contributed by atoms with van der Waals surface area (Å²) in [5.74, 6) is 0.656. The third kappa shape index (κ3) is 2.45. The lowest BCUT2D eigenvalue weighted by Crippen LogP contribution is -2.18. The van der Waals surface area contributed by atoms with E-state index in [1.54, 1.807) is 19.3 Å². The zero-order valence-electron chi connectivity index (χ0n) is 11.1. The molecule has 0 aliphatic rings. The first-order valence-corrected chi connectivity index (χ1v) is 5.86. The van der Waals surface area contributed by atoms with Gasteiger partial charge in [0, 0.05) is 30.4 Å². The second-order valence-electron chi connectivity index (χ2n) is 5.38. The molecule has 2 heterocycles. The van der Waals surface area contributed by atoms with Gasteiger partial charge in [0.1, 0.15) is 5.69 Å². The summed E-state index contributed by atoms with van der Waals surface area (Å²) in [5, 5.41) is 10.2. The molecule has 18 heavy (non-hydrogen) atoms. The van der Waals surface area contributed by atoms with Crippen molar-refractivity contribution in [3.63, 3.8) is 0 Å². The molecule has 0 spiro atoms. The quantitative estimate of drug-likeness (QED) is 0.853.